The van der Waals surface area contributed by atoms with Crippen molar-refractivity contribution < 1.29 is 32.6 Å². The summed E-state index contributed by atoms with van der Waals surface area (Å²) in [6, 6.07) is 2.21. The second-order valence-corrected chi connectivity index (χ2v) is 8.68. The summed E-state index contributed by atoms with van der Waals surface area (Å²) in [5.74, 6) is -1.80. The summed E-state index contributed by atoms with van der Waals surface area (Å²) in [6.07, 6.45) is -0.394. The van der Waals surface area contributed by atoms with Crippen molar-refractivity contribution in [3.05, 3.63) is 22.4 Å². The maximum atomic E-state index is 12.1. The summed E-state index contributed by atoms with van der Waals surface area (Å²) in [6.45, 7) is 5.25. The molecule has 3 fully saturated rings. The average Bonchev–Trinajstić information content (AvgIpc) is 3.33. The Kier molecular flexibility index (Phi) is 6.85. The van der Waals surface area contributed by atoms with Crippen LogP contribution in [0.4, 0.5) is 13.2 Å². The molecule has 6 nitrogen and oxygen atoms in total. The zero-order valence-electron chi connectivity index (χ0n) is 16.0. The highest BCUT2D eigenvalue weighted by atomic mass is 32.1. The first-order valence-electron chi connectivity index (χ1n) is 9.62. The Bertz CT molecular complexity index is 699. The van der Waals surface area contributed by atoms with Crippen molar-refractivity contribution >= 4 is 23.2 Å². The van der Waals surface area contributed by atoms with E-state index in [0.717, 1.165) is 51.5 Å². The number of carboxylic acids is 1. The van der Waals surface area contributed by atoms with Crippen LogP contribution >= 0.6 is 11.3 Å². The number of hydrogen-bond acceptors (Lipinski definition) is 5. The van der Waals surface area contributed by atoms with Crippen molar-refractivity contribution in [2.45, 2.75) is 44.0 Å². The molecule has 3 heterocycles. The fourth-order valence-electron chi connectivity index (χ4n) is 3.63. The summed E-state index contributed by atoms with van der Waals surface area (Å²) < 4.78 is 37.8. The molecule has 1 aromatic heterocycles. The number of carboxylic acid groups (broad SMARTS) is 1. The van der Waals surface area contributed by atoms with Gasteiger partial charge >= 0.3 is 12.1 Å². The van der Waals surface area contributed by atoms with Gasteiger partial charge in [-0.3, -0.25) is 9.69 Å². The average molecular weight is 434 g/mol. The number of nitrogens with zero attached hydrogens (tertiary/aromatic N) is 2. The zero-order chi connectivity index (χ0) is 21.1. The van der Waals surface area contributed by atoms with E-state index in [1.54, 1.807) is 11.3 Å². The Morgan fingerprint density at radius 1 is 1.31 bits per heavy atom. The Balaban J connectivity index is 0.000000298. The van der Waals surface area contributed by atoms with Gasteiger partial charge in [-0.05, 0) is 54.0 Å². The first kappa shape index (κ1) is 22.0. The lowest BCUT2D eigenvalue weighted by atomic mass is 9.89. The van der Waals surface area contributed by atoms with Gasteiger partial charge in [0.05, 0.1) is 5.60 Å². The highest BCUT2D eigenvalue weighted by molar-refractivity contribution is 7.07. The van der Waals surface area contributed by atoms with Crippen LogP contribution in [0.5, 0.6) is 0 Å². The SMILES string of the molecule is O=C(O)C(F)(F)F.O=C1COC2(CCN(Cc3ccsc3)CC2)CN1CC1CC1. The Labute approximate surface area is 171 Å². The quantitative estimate of drug-likeness (QED) is 0.789. The molecular formula is C19H25F3N2O4S. The molecule has 2 saturated heterocycles. The van der Waals surface area contributed by atoms with Gasteiger partial charge in [-0.2, -0.15) is 24.5 Å². The van der Waals surface area contributed by atoms with Crippen LogP contribution in [0.15, 0.2) is 16.8 Å². The van der Waals surface area contributed by atoms with Crippen LogP contribution in [0.2, 0.25) is 0 Å². The van der Waals surface area contributed by atoms with Crippen molar-refractivity contribution in [1.29, 1.82) is 0 Å². The number of likely N-dealkylation sites (tertiary alicyclic amines) is 1. The van der Waals surface area contributed by atoms with Gasteiger partial charge in [-0.15, -0.1) is 0 Å². The van der Waals surface area contributed by atoms with E-state index < -0.39 is 12.1 Å². The Morgan fingerprint density at radius 2 is 1.97 bits per heavy atom. The zero-order valence-corrected chi connectivity index (χ0v) is 16.8. The van der Waals surface area contributed by atoms with Gasteiger partial charge < -0.3 is 14.7 Å². The van der Waals surface area contributed by atoms with E-state index in [1.165, 1.54) is 18.4 Å². The van der Waals surface area contributed by atoms with Crippen molar-refractivity contribution in [2.24, 2.45) is 5.92 Å². The molecule has 0 radical (unpaired) electrons. The second-order valence-electron chi connectivity index (χ2n) is 7.90. The second kappa shape index (κ2) is 9.01. The number of hydrogen-bond donors (Lipinski definition) is 1. The molecule has 0 bridgehead atoms. The topological polar surface area (TPSA) is 70.1 Å². The monoisotopic (exact) mass is 434 g/mol. The van der Waals surface area contributed by atoms with Crippen molar-refractivity contribution in [1.82, 2.24) is 9.80 Å². The molecule has 3 aliphatic rings. The molecule has 0 unspecified atom stereocenters. The lowest BCUT2D eigenvalue weighted by Gasteiger charge is -2.47. The molecule has 0 atom stereocenters. The summed E-state index contributed by atoms with van der Waals surface area (Å²) in [4.78, 5) is 25.5. The van der Waals surface area contributed by atoms with Crippen LogP contribution in [-0.2, 0) is 20.9 Å². The molecule has 1 aliphatic carbocycles. The van der Waals surface area contributed by atoms with E-state index in [9.17, 15) is 18.0 Å². The summed E-state index contributed by atoms with van der Waals surface area (Å²) in [5.41, 5.74) is 1.34. The third kappa shape index (κ3) is 6.42. The molecule has 1 aromatic rings. The standard InChI is InChI=1S/C17H24N2O2S.C2HF3O2/c20-16-11-21-17(13-19(16)10-14-1-2-14)4-6-18(7-5-17)9-15-3-8-22-12-15;3-2(4,5)1(6)7/h3,8,12,14H,1-2,4-7,9-11,13H2;(H,6,7). The molecular weight excluding hydrogens is 409 g/mol. The summed E-state index contributed by atoms with van der Waals surface area (Å²) >= 11 is 1.77. The third-order valence-corrected chi connectivity index (χ3v) is 6.24. The number of carbonyl (C=O) groups excluding carboxylic acids is 1. The van der Waals surface area contributed by atoms with Gasteiger partial charge in [-0.25, -0.2) is 4.79 Å². The first-order chi connectivity index (χ1) is 13.7. The van der Waals surface area contributed by atoms with E-state index in [-0.39, 0.29) is 18.1 Å². The van der Waals surface area contributed by atoms with E-state index in [1.807, 2.05) is 0 Å². The van der Waals surface area contributed by atoms with Gasteiger partial charge in [0.15, 0.2) is 0 Å². The van der Waals surface area contributed by atoms with Gasteiger partial charge in [0, 0.05) is 32.7 Å². The maximum absolute atomic E-state index is 12.1. The Morgan fingerprint density at radius 3 is 2.48 bits per heavy atom. The van der Waals surface area contributed by atoms with Crippen molar-refractivity contribution in [3.8, 4) is 0 Å². The number of piperidine rings is 1. The highest BCUT2D eigenvalue weighted by Gasteiger charge is 2.43. The van der Waals surface area contributed by atoms with E-state index in [0.29, 0.717) is 0 Å². The number of rotatable bonds is 4. The van der Waals surface area contributed by atoms with Crippen LogP contribution in [0.1, 0.15) is 31.2 Å². The summed E-state index contributed by atoms with van der Waals surface area (Å²) in [7, 11) is 0. The number of thiophene rings is 1. The minimum absolute atomic E-state index is 0.0755. The number of morpholine rings is 1. The molecule has 0 aromatic carbocycles. The Hall–Kier alpha value is -1.65. The molecule has 29 heavy (non-hydrogen) atoms. The van der Waals surface area contributed by atoms with E-state index in [4.69, 9.17) is 14.6 Å². The number of alkyl halides is 3. The van der Waals surface area contributed by atoms with Gasteiger partial charge in [0.2, 0.25) is 5.91 Å². The van der Waals surface area contributed by atoms with Gasteiger partial charge in [0.1, 0.15) is 6.61 Å². The molecule has 1 amide bonds. The smallest absolute Gasteiger partial charge is 0.475 e. The highest BCUT2D eigenvalue weighted by Crippen LogP contribution is 2.35. The molecule has 2 aliphatic heterocycles. The number of aliphatic carboxylic acids is 1. The lowest BCUT2D eigenvalue weighted by molar-refractivity contribution is -0.192. The van der Waals surface area contributed by atoms with Crippen molar-refractivity contribution in [2.75, 3.05) is 32.8 Å². The van der Waals surface area contributed by atoms with Crippen molar-refractivity contribution in [3.63, 3.8) is 0 Å². The summed E-state index contributed by atoms with van der Waals surface area (Å²) in [5, 5.41) is 11.5. The molecule has 162 valence electrons. The van der Waals surface area contributed by atoms with Crippen LogP contribution < -0.4 is 0 Å². The number of halogens is 3. The number of amides is 1. The van der Waals surface area contributed by atoms with E-state index in [2.05, 4.69) is 26.6 Å². The van der Waals surface area contributed by atoms with Crippen LogP contribution in [0.25, 0.3) is 0 Å². The van der Waals surface area contributed by atoms with Gasteiger partial charge in [0.25, 0.3) is 0 Å². The van der Waals surface area contributed by atoms with Crippen LogP contribution in [0.3, 0.4) is 0 Å². The largest absolute Gasteiger partial charge is 0.490 e. The minimum atomic E-state index is -5.08. The third-order valence-electron chi connectivity index (χ3n) is 5.51. The molecule has 10 heteroatoms. The molecule has 1 spiro atoms. The first-order valence-corrected chi connectivity index (χ1v) is 10.6. The predicted octanol–water partition coefficient (Wildman–Crippen LogP) is 2.98. The van der Waals surface area contributed by atoms with Crippen LogP contribution in [0, 0.1) is 5.92 Å². The van der Waals surface area contributed by atoms with Gasteiger partial charge in [-0.1, -0.05) is 0 Å². The predicted molar refractivity (Wildman–Crippen MR) is 101 cm³/mol. The molecule has 1 saturated carbocycles. The number of carbonyl (C=O) groups is 2. The maximum Gasteiger partial charge on any atom is 0.490 e. The van der Waals surface area contributed by atoms with Crippen LogP contribution in [-0.4, -0.2) is 71.3 Å². The fraction of sp³-hybridized carbons (Fsp3) is 0.684. The lowest BCUT2D eigenvalue weighted by Crippen LogP contribution is -2.58. The number of ether oxygens (including phenoxy) is 1. The molecule has 4 rings (SSSR count). The van der Waals surface area contributed by atoms with E-state index >= 15 is 0 Å². The minimum Gasteiger partial charge on any atom is -0.475 e. The fourth-order valence-corrected chi connectivity index (χ4v) is 4.29. The molecule has 1 N–H and O–H groups in total. The normalized spacial score (nSPS) is 22.3.